The van der Waals surface area contributed by atoms with Crippen molar-refractivity contribution in [3.05, 3.63) is 45.4 Å². The first-order valence-electron chi connectivity index (χ1n) is 6.14. The molecular weight excluding hydrogens is 303 g/mol. The first kappa shape index (κ1) is 14.9. The fourth-order valence-electron chi connectivity index (χ4n) is 2.88. The summed E-state index contributed by atoms with van der Waals surface area (Å²) in [5.74, 6) is -0.0293. The maximum absolute atomic E-state index is 12.3. The topological polar surface area (TPSA) is 17.1 Å². The Morgan fingerprint density at radius 3 is 2.26 bits per heavy atom. The van der Waals surface area contributed by atoms with E-state index < -0.39 is 5.41 Å². The van der Waals surface area contributed by atoms with Gasteiger partial charge in [0.1, 0.15) is 10.3 Å². The molecule has 1 aromatic carbocycles. The summed E-state index contributed by atoms with van der Waals surface area (Å²) < 4.78 is 0.0605. The van der Waals surface area contributed by atoms with Crippen LogP contribution in [0, 0.1) is 17.3 Å². The lowest BCUT2D eigenvalue weighted by Gasteiger charge is -2.49. The molecule has 0 heterocycles. The van der Waals surface area contributed by atoms with E-state index in [1.54, 1.807) is 0 Å². The minimum Gasteiger partial charge on any atom is -0.299 e. The van der Waals surface area contributed by atoms with Gasteiger partial charge < -0.3 is 0 Å². The Morgan fingerprint density at radius 1 is 1.16 bits per heavy atom. The third-order valence-corrected chi connectivity index (χ3v) is 4.93. The Bertz CT molecular complexity index is 515. The van der Waals surface area contributed by atoms with Crippen molar-refractivity contribution < 1.29 is 4.79 Å². The minimum atomic E-state index is -0.494. The highest BCUT2D eigenvalue weighted by Crippen LogP contribution is 2.54. The van der Waals surface area contributed by atoms with Crippen LogP contribution in [0.3, 0.4) is 0 Å². The first-order chi connectivity index (χ1) is 8.85. The summed E-state index contributed by atoms with van der Waals surface area (Å²) in [6.07, 6.45) is 0.672. The summed E-state index contributed by atoms with van der Waals surface area (Å²) in [6, 6.07) is 9.90. The second-order valence-corrected chi connectivity index (χ2v) is 6.82. The van der Waals surface area contributed by atoms with Crippen LogP contribution in [0.2, 0.25) is 0 Å². The van der Waals surface area contributed by atoms with Crippen LogP contribution in [0.25, 0.3) is 0 Å². The van der Waals surface area contributed by atoms with E-state index in [0.29, 0.717) is 11.5 Å². The van der Waals surface area contributed by atoms with Gasteiger partial charge in [0.25, 0.3) is 0 Å². The van der Waals surface area contributed by atoms with Gasteiger partial charge >= 0.3 is 0 Å². The first-order valence-corrected chi connectivity index (χ1v) is 7.28. The molecule has 0 saturated heterocycles. The van der Waals surface area contributed by atoms with Gasteiger partial charge in [0.15, 0.2) is 0 Å². The molecule has 1 aliphatic rings. The fourth-order valence-corrected chi connectivity index (χ4v) is 3.54. The largest absolute Gasteiger partial charge is 0.299 e. The van der Waals surface area contributed by atoms with E-state index in [9.17, 15) is 4.79 Å². The Hall–Kier alpha value is -0.500. The van der Waals surface area contributed by atoms with Crippen molar-refractivity contribution in [2.75, 3.05) is 0 Å². The summed E-state index contributed by atoms with van der Waals surface area (Å²) in [5, 5.41) is 0.397. The van der Waals surface area contributed by atoms with E-state index in [0.717, 1.165) is 5.56 Å². The summed E-state index contributed by atoms with van der Waals surface area (Å²) >= 11 is 17.8. The maximum atomic E-state index is 12.3. The molecule has 0 aliphatic heterocycles. The van der Waals surface area contributed by atoms with E-state index in [2.05, 4.69) is 0 Å². The molecule has 1 aliphatic carbocycles. The average Bonchev–Trinajstić information content (AvgIpc) is 2.38. The standard InChI is InChI=1S/C15H15Cl3O/c1-15(2)11(12(16)14(17)18)10(13(15)19)8-9-6-4-3-5-7-9/h3-7,10-11H,8H2,1-2H3. The van der Waals surface area contributed by atoms with Crippen LogP contribution < -0.4 is 0 Å². The number of rotatable bonds is 3. The molecule has 1 aromatic rings. The smallest absolute Gasteiger partial charge is 0.143 e. The van der Waals surface area contributed by atoms with Crippen molar-refractivity contribution in [3.63, 3.8) is 0 Å². The van der Waals surface area contributed by atoms with E-state index in [1.807, 2.05) is 44.2 Å². The number of allylic oxidation sites excluding steroid dienone is 1. The third kappa shape index (κ3) is 2.69. The Kier molecular flexibility index (Phi) is 4.29. The SMILES string of the molecule is CC1(C)C(=O)C(Cc2ccccc2)C1C(Cl)=C(Cl)Cl. The highest BCUT2D eigenvalue weighted by molar-refractivity contribution is 6.59. The van der Waals surface area contributed by atoms with Crippen LogP contribution >= 0.6 is 34.8 Å². The number of carbonyl (C=O) groups excluding carboxylic acids is 1. The number of hydrogen-bond donors (Lipinski definition) is 0. The predicted octanol–water partition coefficient (Wildman–Crippen LogP) is 4.96. The maximum Gasteiger partial charge on any atom is 0.143 e. The van der Waals surface area contributed by atoms with Gasteiger partial charge in [-0.05, 0) is 12.0 Å². The zero-order valence-electron chi connectivity index (χ0n) is 10.8. The second-order valence-electron chi connectivity index (χ2n) is 5.47. The second kappa shape index (κ2) is 5.47. The van der Waals surface area contributed by atoms with Gasteiger partial charge in [0.2, 0.25) is 0 Å². The number of carbonyl (C=O) groups is 1. The molecule has 0 spiro atoms. The molecule has 1 fully saturated rings. The molecule has 0 bridgehead atoms. The summed E-state index contributed by atoms with van der Waals surface area (Å²) in [6.45, 7) is 3.78. The Labute approximate surface area is 128 Å². The molecule has 1 nitrogen and oxygen atoms in total. The Morgan fingerprint density at radius 2 is 1.74 bits per heavy atom. The molecule has 0 amide bonds. The van der Waals surface area contributed by atoms with Gasteiger partial charge in [0.05, 0.1) is 5.03 Å². The molecule has 0 aromatic heterocycles. The summed E-state index contributed by atoms with van der Waals surface area (Å²) in [5.41, 5.74) is 0.627. The number of benzene rings is 1. The molecule has 2 unspecified atom stereocenters. The average molecular weight is 318 g/mol. The van der Waals surface area contributed by atoms with Crippen molar-refractivity contribution in [1.82, 2.24) is 0 Å². The molecule has 0 radical (unpaired) electrons. The zero-order chi connectivity index (χ0) is 14.2. The fraction of sp³-hybridized carbons (Fsp3) is 0.400. The van der Waals surface area contributed by atoms with Crippen LogP contribution in [0.1, 0.15) is 19.4 Å². The van der Waals surface area contributed by atoms with Gasteiger partial charge in [-0.25, -0.2) is 0 Å². The molecule has 2 rings (SSSR count). The summed E-state index contributed by atoms with van der Waals surface area (Å²) in [4.78, 5) is 12.3. The molecule has 19 heavy (non-hydrogen) atoms. The van der Waals surface area contributed by atoms with Gasteiger partial charge in [-0.2, -0.15) is 0 Å². The van der Waals surface area contributed by atoms with Crippen molar-refractivity contribution in [1.29, 1.82) is 0 Å². The van der Waals surface area contributed by atoms with Crippen LogP contribution in [-0.2, 0) is 11.2 Å². The highest BCUT2D eigenvalue weighted by atomic mass is 35.5. The molecule has 1 saturated carbocycles. The number of Topliss-reactive ketones (excluding diaryl/α,β-unsaturated/α-hetero) is 1. The van der Waals surface area contributed by atoms with E-state index in [4.69, 9.17) is 34.8 Å². The Balaban J connectivity index is 2.25. The van der Waals surface area contributed by atoms with Crippen LogP contribution in [0.4, 0.5) is 0 Å². The number of hydrogen-bond acceptors (Lipinski definition) is 1. The number of halogens is 3. The molecule has 4 heteroatoms. The lowest BCUT2D eigenvalue weighted by atomic mass is 9.53. The predicted molar refractivity (Wildman–Crippen MR) is 80.5 cm³/mol. The number of ketones is 1. The lowest BCUT2D eigenvalue weighted by Crippen LogP contribution is -2.55. The molecule has 0 N–H and O–H groups in total. The monoisotopic (exact) mass is 316 g/mol. The summed E-state index contributed by atoms with van der Waals surface area (Å²) in [7, 11) is 0. The van der Waals surface area contributed by atoms with Gasteiger partial charge in [-0.3, -0.25) is 4.79 Å². The van der Waals surface area contributed by atoms with E-state index in [-0.39, 0.29) is 22.1 Å². The van der Waals surface area contributed by atoms with Crippen molar-refractivity contribution in [3.8, 4) is 0 Å². The normalized spacial score (nSPS) is 24.8. The van der Waals surface area contributed by atoms with Crippen molar-refractivity contribution in [2.24, 2.45) is 17.3 Å². The molecule has 2 atom stereocenters. The lowest BCUT2D eigenvalue weighted by molar-refractivity contribution is -0.149. The van der Waals surface area contributed by atoms with Gasteiger partial charge in [-0.1, -0.05) is 79.0 Å². The highest BCUT2D eigenvalue weighted by Gasteiger charge is 2.57. The van der Waals surface area contributed by atoms with Crippen LogP contribution in [0.5, 0.6) is 0 Å². The zero-order valence-corrected chi connectivity index (χ0v) is 13.1. The van der Waals surface area contributed by atoms with E-state index >= 15 is 0 Å². The third-order valence-electron chi connectivity index (χ3n) is 3.90. The van der Waals surface area contributed by atoms with E-state index in [1.165, 1.54) is 0 Å². The van der Waals surface area contributed by atoms with Crippen LogP contribution in [-0.4, -0.2) is 5.78 Å². The van der Waals surface area contributed by atoms with Crippen LogP contribution in [0.15, 0.2) is 39.9 Å². The van der Waals surface area contributed by atoms with Gasteiger partial charge in [-0.15, -0.1) is 0 Å². The van der Waals surface area contributed by atoms with Crippen molar-refractivity contribution in [2.45, 2.75) is 20.3 Å². The minimum absolute atomic E-state index is 0.0605. The molecular formula is C15H15Cl3O. The molecule has 102 valence electrons. The van der Waals surface area contributed by atoms with Crippen molar-refractivity contribution >= 4 is 40.6 Å². The van der Waals surface area contributed by atoms with Gasteiger partial charge in [0, 0.05) is 17.3 Å². The quantitative estimate of drug-likeness (QED) is 0.770.